The van der Waals surface area contributed by atoms with Crippen molar-refractivity contribution in [1.29, 1.82) is 5.53 Å². The van der Waals surface area contributed by atoms with E-state index in [1.165, 1.54) is 77.0 Å². The van der Waals surface area contributed by atoms with Crippen LogP contribution in [0.2, 0.25) is 0 Å². The van der Waals surface area contributed by atoms with Crippen molar-refractivity contribution in [3.05, 3.63) is 6.07 Å². The van der Waals surface area contributed by atoms with Gasteiger partial charge in [0, 0.05) is 19.2 Å². The zero-order valence-electron chi connectivity index (χ0n) is 24.8. The molecule has 0 atom stereocenters. The van der Waals surface area contributed by atoms with Gasteiger partial charge in [0.15, 0.2) is 22.3 Å². The van der Waals surface area contributed by atoms with Gasteiger partial charge in [-0.05, 0) is 25.7 Å². The van der Waals surface area contributed by atoms with Gasteiger partial charge in [-0.3, -0.25) is 0 Å². The second kappa shape index (κ2) is 20.1. The smallest absolute Gasteiger partial charge is 0.186 e. The molecule has 0 amide bonds. The zero-order chi connectivity index (χ0) is 27.4. The molecule has 7 heteroatoms. The number of ether oxygens (including phenoxy) is 2. The number of hydrogen-bond acceptors (Lipinski definition) is 7. The number of anilines is 1. The number of rotatable bonds is 24. The summed E-state index contributed by atoms with van der Waals surface area (Å²) < 4.78 is 13.6. The molecule has 1 aromatic carbocycles. The molecule has 0 radical (unpaired) electrons. The molecule has 1 aromatic heterocycles. The van der Waals surface area contributed by atoms with Crippen LogP contribution in [0.1, 0.15) is 130 Å². The zero-order valence-corrected chi connectivity index (χ0v) is 25.6. The highest BCUT2D eigenvalue weighted by molar-refractivity contribution is 7.22. The summed E-state index contributed by atoms with van der Waals surface area (Å²) in [6, 6.07) is 1.98. The third-order valence-electron chi connectivity index (χ3n) is 7.01. The van der Waals surface area contributed by atoms with E-state index in [1.807, 2.05) is 6.07 Å². The van der Waals surface area contributed by atoms with Crippen molar-refractivity contribution in [2.75, 3.05) is 31.2 Å². The van der Waals surface area contributed by atoms with Crippen molar-refractivity contribution >= 4 is 32.4 Å². The van der Waals surface area contributed by atoms with Crippen LogP contribution in [-0.2, 0) is 0 Å². The van der Waals surface area contributed by atoms with E-state index in [0.29, 0.717) is 30.4 Å². The lowest BCUT2D eigenvalue weighted by molar-refractivity contribution is 0.294. The van der Waals surface area contributed by atoms with Gasteiger partial charge in [-0.15, -0.1) is 0 Å². The SMILES string of the molecule is CCCCCCCCOc1cc2nc(N(CCCC)CCCC)sc2c(OCCCCCCCC)c1N=N. The summed E-state index contributed by atoms with van der Waals surface area (Å²) in [6.07, 6.45) is 19.2. The third-order valence-corrected chi connectivity index (χ3v) is 8.14. The van der Waals surface area contributed by atoms with Crippen LogP contribution in [0.3, 0.4) is 0 Å². The summed E-state index contributed by atoms with van der Waals surface area (Å²) in [5.74, 6) is 1.31. The maximum Gasteiger partial charge on any atom is 0.186 e. The summed E-state index contributed by atoms with van der Waals surface area (Å²) >= 11 is 1.68. The quantitative estimate of drug-likeness (QED) is 0.105. The Morgan fingerprint density at radius 2 is 1.26 bits per heavy atom. The van der Waals surface area contributed by atoms with Crippen LogP contribution in [-0.4, -0.2) is 31.3 Å². The molecule has 2 rings (SSSR count). The molecule has 0 unspecified atom stereocenters. The number of nitrogens with zero attached hydrogens (tertiary/aromatic N) is 3. The van der Waals surface area contributed by atoms with Crippen LogP contribution in [0.4, 0.5) is 10.8 Å². The highest BCUT2D eigenvalue weighted by atomic mass is 32.1. The van der Waals surface area contributed by atoms with Crippen LogP contribution in [0, 0.1) is 5.53 Å². The Morgan fingerprint density at radius 3 is 1.82 bits per heavy atom. The summed E-state index contributed by atoms with van der Waals surface area (Å²) in [4.78, 5) is 7.47. The van der Waals surface area contributed by atoms with Crippen molar-refractivity contribution < 1.29 is 9.47 Å². The summed E-state index contributed by atoms with van der Waals surface area (Å²) in [5.41, 5.74) is 9.40. The van der Waals surface area contributed by atoms with Crippen LogP contribution >= 0.6 is 11.3 Å². The molecule has 0 aliphatic heterocycles. The number of nitrogens with one attached hydrogen (secondary N) is 1. The lowest BCUT2D eigenvalue weighted by atomic mass is 10.1. The maximum absolute atomic E-state index is 8.00. The standard InChI is InChI=1S/C31H54N4O2S/c1-5-9-13-15-17-19-23-36-27-25-26-30(38-31(33-26)35(21-11-7-3)22-12-8-4)29(28(27)34-32)37-24-20-18-16-14-10-6-2/h25,32H,5-24H2,1-4H3. The first-order valence-corrected chi connectivity index (χ1v) is 16.4. The number of fused-ring (bicyclic) bond motifs is 1. The van der Waals surface area contributed by atoms with Crippen molar-refractivity contribution in [3.8, 4) is 11.5 Å². The fraction of sp³-hybridized carbons (Fsp3) is 0.774. The van der Waals surface area contributed by atoms with E-state index in [-0.39, 0.29) is 0 Å². The van der Waals surface area contributed by atoms with Gasteiger partial charge >= 0.3 is 0 Å². The third kappa shape index (κ3) is 11.1. The van der Waals surface area contributed by atoms with Gasteiger partial charge in [-0.2, -0.15) is 5.11 Å². The molecule has 1 heterocycles. The average molecular weight is 547 g/mol. The van der Waals surface area contributed by atoms with Crippen molar-refractivity contribution in [2.24, 2.45) is 5.11 Å². The Kier molecular flexibility index (Phi) is 17.1. The summed E-state index contributed by atoms with van der Waals surface area (Å²) in [7, 11) is 0. The van der Waals surface area contributed by atoms with Crippen molar-refractivity contribution in [3.63, 3.8) is 0 Å². The van der Waals surface area contributed by atoms with Crippen molar-refractivity contribution in [1.82, 2.24) is 4.98 Å². The Bertz CT molecular complexity index is 894. The minimum Gasteiger partial charge on any atom is -0.491 e. The number of hydrogen-bond donors (Lipinski definition) is 1. The van der Waals surface area contributed by atoms with E-state index in [2.05, 4.69) is 37.7 Å². The van der Waals surface area contributed by atoms with Gasteiger partial charge in [0.1, 0.15) is 4.70 Å². The van der Waals surface area contributed by atoms with Gasteiger partial charge in [0.2, 0.25) is 0 Å². The lowest BCUT2D eigenvalue weighted by Crippen LogP contribution is -2.25. The molecule has 6 nitrogen and oxygen atoms in total. The second-order valence-corrected chi connectivity index (χ2v) is 11.4. The maximum atomic E-state index is 8.00. The van der Waals surface area contributed by atoms with Crippen LogP contribution in [0.25, 0.3) is 10.2 Å². The molecule has 0 saturated heterocycles. The molecule has 0 bridgehead atoms. The van der Waals surface area contributed by atoms with Crippen LogP contribution in [0.15, 0.2) is 11.2 Å². The van der Waals surface area contributed by atoms with Crippen LogP contribution < -0.4 is 14.4 Å². The summed E-state index contributed by atoms with van der Waals surface area (Å²) in [6.45, 7) is 12.3. The fourth-order valence-corrected chi connectivity index (χ4v) is 5.70. The Balaban J connectivity index is 2.24. The first-order valence-electron chi connectivity index (χ1n) is 15.6. The first-order chi connectivity index (χ1) is 18.7. The molecule has 1 N–H and O–H groups in total. The topological polar surface area (TPSA) is 70.8 Å². The second-order valence-electron chi connectivity index (χ2n) is 10.4. The molecule has 0 aliphatic rings. The van der Waals surface area contributed by atoms with E-state index in [0.717, 1.165) is 54.1 Å². The number of aromatic nitrogens is 1. The molecular formula is C31H54N4O2S. The molecular weight excluding hydrogens is 492 g/mol. The Labute approximate surface area is 236 Å². The van der Waals surface area contributed by atoms with E-state index < -0.39 is 0 Å². The minimum absolute atomic E-state index is 0.512. The molecule has 0 aliphatic carbocycles. The first kappa shape index (κ1) is 32.3. The molecule has 0 fully saturated rings. The number of benzene rings is 1. The van der Waals surface area contributed by atoms with Crippen molar-refractivity contribution in [2.45, 2.75) is 130 Å². The number of unbranched alkanes of at least 4 members (excludes halogenated alkanes) is 12. The van der Waals surface area contributed by atoms with E-state index in [1.54, 1.807) is 11.3 Å². The summed E-state index contributed by atoms with van der Waals surface area (Å²) in [5, 5.41) is 4.96. The van der Waals surface area contributed by atoms with Gasteiger partial charge < -0.3 is 14.4 Å². The minimum atomic E-state index is 0.512. The van der Waals surface area contributed by atoms with Crippen LogP contribution in [0.5, 0.6) is 11.5 Å². The predicted octanol–water partition coefficient (Wildman–Crippen LogP) is 10.8. The molecule has 38 heavy (non-hydrogen) atoms. The van der Waals surface area contributed by atoms with Gasteiger partial charge in [-0.1, -0.05) is 116 Å². The highest BCUT2D eigenvalue weighted by Crippen LogP contribution is 2.47. The Hall–Kier alpha value is -1.89. The molecule has 216 valence electrons. The van der Waals surface area contributed by atoms with E-state index >= 15 is 0 Å². The molecule has 2 aromatic rings. The largest absolute Gasteiger partial charge is 0.491 e. The number of thiazole rings is 1. The molecule has 0 saturated carbocycles. The predicted molar refractivity (Wildman–Crippen MR) is 164 cm³/mol. The molecule has 0 spiro atoms. The van der Waals surface area contributed by atoms with Gasteiger partial charge in [0.25, 0.3) is 0 Å². The fourth-order valence-electron chi connectivity index (χ4n) is 4.60. The van der Waals surface area contributed by atoms with Gasteiger partial charge in [0.05, 0.1) is 18.7 Å². The Morgan fingerprint density at radius 1 is 0.737 bits per heavy atom. The van der Waals surface area contributed by atoms with Gasteiger partial charge in [-0.25, -0.2) is 10.5 Å². The monoisotopic (exact) mass is 546 g/mol. The van der Waals surface area contributed by atoms with E-state index in [9.17, 15) is 0 Å². The van der Waals surface area contributed by atoms with E-state index in [4.69, 9.17) is 20.0 Å². The highest BCUT2D eigenvalue weighted by Gasteiger charge is 2.22. The lowest BCUT2D eigenvalue weighted by Gasteiger charge is -2.21. The normalized spacial score (nSPS) is 11.3. The average Bonchev–Trinajstić information content (AvgIpc) is 3.35.